The van der Waals surface area contributed by atoms with Crippen LogP contribution in [0.15, 0.2) is 320 Å². The Balaban J connectivity index is 0.000000609. The summed E-state index contributed by atoms with van der Waals surface area (Å²) >= 11 is 0. The first-order valence-corrected chi connectivity index (χ1v) is 35.0. The molecule has 0 atom stereocenters. The van der Waals surface area contributed by atoms with Gasteiger partial charge in [-0.1, -0.05) is 221 Å². The van der Waals surface area contributed by atoms with Gasteiger partial charge in [-0.05, 0) is 59.8 Å². The van der Waals surface area contributed by atoms with Crippen LogP contribution in [-0.2, 0) is 52.4 Å². The molecule has 0 spiro atoms. The molecule has 0 fully saturated rings. The van der Waals surface area contributed by atoms with E-state index in [-0.39, 0.29) is 52.4 Å². The zero-order chi connectivity index (χ0) is 72.3. The van der Waals surface area contributed by atoms with Gasteiger partial charge in [-0.3, -0.25) is 4.99 Å². The maximum atomic E-state index is 5.14. The molecule has 0 radical (unpaired) electrons. The number of allylic oxidation sites excluding steroid dienone is 4. The summed E-state index contributed by atoms with van der Waals surface area (Å²) in [5.41, 5.74) is 18.4. The minimum atomic E-state index is 0. The Kier molecular flexibility index (Phi) is 50.1. The number of nitrogens with one attached hydrogen (secondary N) is 1. The normalized spacial score (nSPS) is 10.7. The van der Waals surface area contributed by atoms with Crippen LogP contribution in [0.2, 0.25) is 0 Å². The number of nitrogens with zero attached hydrogens (tertiary/aromatic N) is 3. The minimum absolute atomic E-state index is 0. The summed E-state index contributed by atoms with van der Waals surface area (Å²) < 4.78 is 0. The summed E-state index contributed by atoms with van der Waals surface area (Å²) in [5.74, 6) is 1.84. The molecule has 0 heterocycles. The third-order valence-electron chi connectivity index (χ3n) is 14.8. The standard InChI is InChI=1S/2C23H32N2.7C7H7.2Zr/c2*1-6-7-16-24-21-14-9-8-10-15-22(21)25-23-19(17(2)3)12-11-13-20(23)18(4)5;7*1-7-5-3-2-4-6-7;;/h8-13,15,17-18H,6-7,14,16H2,1-5H3;8-15,17-18H,6-7,16H2,1-5H3,(H,24,25);7*2-6H,1H2;;/q-2;;7*-1;;+4. The molecule has 101 heavy (non-hydrogen) atoms. The molecule has 1 aliphatic rings. The van der Waals surface area contributed by atoms with Crippen molar-refractivity contribution in [2.75, 3.05) is 18.4 Å². The molecule has 0 saturated carbocycles. The molecule has 10 aromatic rings. The van der Waals surface area contributed by atoms with Crippen LogP contribution in [0.3, 0.4) is 0 Å². The van der Waals surface area contributed by atoms with Crippen LogP contribution in [0.25, 0.3) is 10.6 Å². The minimum Gasteiger partial charge on any atom is -0.688 e. The monoisotopic (exact) mass is 1490 g/mol. The van der Waals surface area contributed by atoms with E-state index in [1.807, 2.05) is 212 Å². The number of anilines is 2. The Hall–Kier alpha value is -8.65. The molecule has 0 unspecified atom stereocenters. The van der Waals surface area contributed by atoms with Gasteiger partial charge in [-0.25, -0.2) is 0 Å². The average molecular weight is 1490 g/mol. The summed E-state index contributed by atoms with van der Waals surface area (Å²) in [5, 5.41) is 14.7. The molecular weight excluding hydrogens is 1380 g/mol. The SMILES string of the molecule is CCCCN=c1cccccc1Nc1c(C(C)C)cccc1C(C)C.CCCC[N-]C1=C([N-]c2c(C(C)C)cccc2C(C)C)C=CC=CC1.[CH2-]c1ccccc1.[CH2-]c1ccccc1.[CH2-]c1ccccc1.[CH2-]c1ccccc1.[CH2-]c1ccccc1.[CH2-]c1ccccc1.[CH2-]c1ccccc1.[Zr+4].[Zr]. The fourth-order valence-electron chi connectivity index (χ4n) is 9.30. The molecule has 0 saturated heterocycles. The molecule has 4 nitrogen and oxygen atoms in total. The topological polar surface area (TPSA) is 52.6 Å². The van der Waals surface area contributed by atoms with Crippen molar-refractivity contribution in [3.8, 4) is 0 Å². The van der Waals surface area contributed by atoms with Crippen LogP contribution in [0.4, 0.5) is 17.1 Å². The summed E-state index contributed by atoms with van der Waals surface area (Å²) in [4.78, 5) is 4.82. The second kappa shape index (κ2) is 56.0. The number of para-hydroxylation sites is 2. The van der Waals surface area contributed by atoms with E-state index in [0.717, 1.165) is 99.4 Å². The van der Waals surface area contributed by atoms with Gasteiger partial charge in [0.2, 0.25) is 0 Å². The maximum Gasteiger partial charge on any atom is 4.00 e. The molecule has 0 bridgehead atoms. The maximum absolute atomic E-state index is 5.14. The number of hydrogen-bond acceptors (Lipinski definition) is 2. The van der Waals surface area contributed by atoms with Crippen LogP contribution in [0.1, 0.15) is 186 Å². The van der Waals surface area contributed by atoms with Crippen LogP contribution >= 0.6 is 0 Å². The first kappa shape index (κ1) is 90.4. The van der Waals surface area contributed by atoms with Gasteiger partial charge in [0.25, 0.3) is 0 Å². The molecule has 1 aliphatic carbocycles. The second-order valence-corrected chi connectivity index (χ2v) is 24.9. The molecule has 10 aromatic carbocycles. The van der Waals surface area contributed by atoms with E-state index >= 15 is 0 Å². The zero-order valence-electron chi connectivity index (χ0n) is 62.4. The Morgan fingerprint density at radius 2 is 0.683 bits per heavy atom. The fraction of sp³-hybridized carbons (Fsp3) is 0.221. The Bertz CT molecular complexity index is 3390. The van der Waals surface area contributed by atoms with Crippen molar-refractivity contribution in [2.45, 2.75) is 125 Å². The van der Waals surface area contributed by atoms with Gasteiger partial charge in [0, 0.05) is 38.4 Å². The van der Waals surface area contributed by atoms with E-state index in [4.69, 9.17) is 15.6 Å². The van der Waals surface area contributed by atoms with Gasteiger partial charge in [0.05, 0.1) is 11.0 Å². The van der Waals surface area contributed by atoms with Gasteiger partial charge in [0.1, 0.15) is 0 Å². The molecule has 0 amide bonds. The number of unbranched alkanes of at least 4 members (excludes halogenated alkanes) is 2. The Labute approximate surface area is 652 Å². The average Bonchev–Trinajstić information content (AvgIpc) is 1.69. The predicted molar refractivity (Wildman–Crippen MR) is 437 cm³/mol. The smallest absolute Gasteiger partial charge is 0.688 e. The van der Waals surface area contributed by atoms with E-state index in [0.29, 0.717) is 23.7 Å². The van der Waals surface area contributed by atoms with E-state index in [2.05, 4.69) is 214 Å². The van der Waals surface area contributed by atoms with Gasteiger partial charge >= 0.3 is 26.2 Å². The van der Waals surface area contributed by atoms with E-state index in [1.165, 1.54) is 40.8 Å². The third-order valence-corrected chi connectivity index (χ3v) is 14.8. The van der Waals surface area contributed by atoms with Crippen molar-refractivity contribution in [2.24, 2.45) is 4.99 Å². The van der Waals surface area contributed by atoms with Crippen molar-refractivity contribution in [3.05, 3.63) is 440 Å². The molecule has 6 heteroatoms. The van der Waals surface area contributed by atoms with E-state index in [9.17, 15) is 0 Å². The molecule has 0 aromatic heterocycles. The van der Waals surface area contributed by atoms with Crippen LogP contribution < -0.4 is 10.7 Å². The number of rotatable bonds is 15. The van der Waals surface area contributed by atoms with Crippen molar-refractivity contribution in [1.82, 2.24) is 0 Å². The van der Waals surface area contributed by atoms with E-state index < -0.39 is 0 Å². The van der Waals surface area contributed by atoms with Crippen LogP contribution in [0.5, 0.6) is 0 Å². The van der Waals surface area contributed by atoms with Crippen molar-refractivity contribution >= 4 is 17.1 Å². The van der Waals surface area contributed by atoms with Crippen molar-refractivity contribution in [3.63, 3.8) is 0 Å². The first-order chi connectivity index (χ1) is 47.8. The first-order valence-electron chi connectivity index (χ1n) is 35.0. The largest absolute Gasteiger partial charge is 4.00 e. The zero-order valence-corrected chi connectivity index (χ0v) is 67.3. The van der Waals surface area contributed by atoms with Gasteiger partial charge in [-0.2, -0.15) is 184 Å². The number of hydrogen-bond donors (Lipinski definition) is 1. The Morgan fingerprint density at radius 3 is 0.980 bits per heavy atom. The van der Waals surface area contributed by atoms with Gasteiger partial charge < -0.3 is 16.0 Å². The molecule has 1 N–H and O–H groups in total. The molecule has 0 aliphatic heterocycles. The predicted octanol–water partition coefficient (Wildman–Crippen LogP) is 27.3. The van der Waals surface area contributed by atoms with Crippen molar-refractivity contribution < 1.29 is 52.4 Å². The summed E-state index contributed by atoms with van der Waals surface area (Å²) in [7, 11) is 0. The summed E-state index contributed by atoms with van der Waals surface area (Å²) in [6.07, 6.45) is 13.9. The van der Waals surface area contributed by atoms with Gasteiger partial charge in [0.15, 0.2) is 0 Å². The molecule has 11 rings (SSSR count). The van der Waals surface area contributed by atoms with Gasteiger partial charge in [-0.15, -0.1) is 97.2 Å². The summed E-state index contributed by atoms with van der Waals surface area (Å²) in [6, 6.07) is 92.8. The van der Waals surface area contributed by atoms with Crippen LogP contribution in [-0.4, -0.2) is 13.1 Å². The third kappa shape index (κ3) is 41.0. The Morgan fingerprint density at radius 1 is 0.376 bits per heavy atom. The summed E-state index contributed by atoms with van der Waals surface area (Å²) in [6.45, 7) is 50.2. The second-order valence-electron chi connectivity index (χ2n) is 24.9. The quantitative estimate of drug-likeness (QED) is 0.0807. The van der Waals surface area contributed by atoms with Crippen LogP contribution in [0, 0.1) is 48.5 Å². The molecular formula is C95H113N4Zr2-5. The van der Waals surface area contributed by atoms with Crippen molar-refractivity contribution in [1.29, 1.82) is 0 Å². The fourth-order valence-corrected chi connectivity index (χ4v) is 9.30. The van der Waals surface area contributed by atoms with E-state index in [1.54, 1.807) is 0 Å². The number of benzene rings is 9. The molecule has 526 valence electrons.